The molecule has 8 nitrogen and oxygen atoms in total. The number of hydrogen-bond donors (Lipinski definition) is 0. The first-order valence-corrected chi connectivity index (χ1v) is 10.8. The first-order valence-electron chi connectivity index (χ1n) is 10.8. The lowest BCUT2D eigenvalue weighted by Gasteiger charge is -2.29. The molecule has 0 aliphatic carbocycles. The zero-order chi connectivity index (χ0) is 19.5. The molecule has 0 unspecified atom stereocenters. The van der Waals surface area contributed by atoms with Crippen LogP contribution in [0.15, 0.2) is 0 Å². The van der Waals surface area contributed by atoms with E-state index in [1.165, 1.54) is 6.42 Å². The number of nitrogens with zero attached hydrogens (tertiary/aromatic N) is 6. The molecule has 8 heteroatoms. The maximum Gasteiger partial charge on any atom is 0.242 e. The molecule has 0 aromatic carbocycles. The number of aromatic nitrogens is 3. The maximum atomic E-state index is 12.9. The van der Waals surface area contributed by atoms with Crippen LogP contribution in [0.2, 0.25) is 0 Å². The van der Waals surface area contributed by atoms with Gasteiger partial charge in [-0.2, -0.15) is 0 Å². The molecule has 1 atom stereocenters. The van der Waals surface area contributed by atoms with Crippen molar-refractivity contribution in [2.24, 2.45) is 0 Å². The average molecular weight is 389 g/mol. The van der Waals surface area contributed by atoms with E-state index < -0.39 is 0 Å². The molecule has 3 aliphatic rings. The fourth-order valence-electron chi connectivity index (χ4n) is 4.74. The lowest BCUT2D eigenvalue weighted by molar-refractivity contribution is -0.140. The van der Waals surface area contributed by atoms with Crippen molar-refractivity contribution in [3.8, 4) is 0 Å². The number of carbonyl (C=O) groups is 2. The van der Waals surface area contributed by atoms with E-state index in [1.807, 2.05) is 4.90 Å². The van der Waals surface area contributed by atoms with E-state index in [1.54, 1.807) is 4.90 Å². The van der Waals surface area contributed by atoms with Gasteiger partial charge in [-0.15, -0.1) is 10.2 Å². The summed E-state index contributed by atoms with van der Waals surface area (Å²) in [4.78, 5) is 31.1. The molecule has 4 heterocycles. The van der Waals surface area contributed by atoms with Crippen molar-refractivity contribution in [3.63, 3.8) is 0 Å². The van der Waals surface area contributed by atoms with Crippen LogP contribution >= 0.6 is 0 Å². The Kier molecular flexibility index (Phi) is 5.94. The van der Waals surface area contributed by atoms with Gasteiger partial charge in [0.05, 0.1) is 6.54 Å². The molecule has 0 saturated carbocycles. The Morgan fingerprint density at radius 1 is 1.00 bits per heavy atom. The van der Waals surface area contributed by atoms with Crippen molar-refractivity contribution in [2.75, 3.05) is 46.3 Å². The van der Waals surface area contributed by atoms with Gasteiger partial charge in [0.25, 0.3) is 0 Å². The van der Waals surface area contributed by atoms with Crippen LogP contribution in [0.5, 0.6) is 0 Å². The Bertz CT molecular complexity index is 718. The van der Waals surface area contributed by atoms with Gasteiger partial charge in [0.1, 0.15) is 11.6 Å². The minimum atomic E-state index is 0.0629. The van der Waals surface area contributed by atoms with Crippen LogP contribution in [-0.2, 0) is 22.6 Å². The quantitative estimate of drug-likeness (QED) is 0.768. The maximum absolute atomic E-state index is 12.9. The molecule has 3 aliphatic heterocycles. The van der Waals surface area contributed by atoms with Gasteiger partial charge in [-0.1, -0.05) is 6.42 Å². The van der Waals surface area contributed by atoms with Gasteiger partial charge in [-0.3, -0.25) is 9.59 Å². The van der Waals surface area contributed by atoms with Crippen molar-refractivity contribution in [1.82, 2.24) is 29.5 Å². The Balaban J connectivity index is 1.39. The SMILES string of the molecule is CN1CCC[C@H](c2nnc3n2CCN(C(=O)CN2CCCCCC2=O)CC3)C1. The summed E-state index contributed by atoms with van der Waals surface area (Å²) in [6, 6.07) is 0. The van der Waals surface area contributed by atoms with Gasteiger partial charge >= 0.3 is 0 Å². The smallest absolute Gasteiger partial charge is 0.242 e. The van der Waals surface area contributed by atoms with Crippen LogP contribution in [0, 0.1) is 0 Å². The minimum absolute atomic E-state index is 0.0629. The molecule has 0 spiro atoms. The summed E-state index contributed by atoms with van der Waals surface area (Å²) in [5.41, 5.74) is 0. The van der Waals surface area contributed by atoms with Crippen LogP contribution in [0.25, 0.3) is 0 Å². The van der Waals surface area contributed by atoms with Gasteiger partial charge in [-0.05, 0) is 39.3 Å². The largest absolute Gasteiger partial charge is 0.339 e. The summed E-state index contributed by atoms with van der Waals surface area (Å²) in [5.74, 6) is 2.69. The van der Waals surface area contributed by atoms with Crippen LogP contribution in [0.4, 0.5) is 0 Å². The standard InChI is InChI=1S/C20H32N6O2/c1-23-9-5-6-16(14-23)20-22-21-17-8-11-24(12-13-26(17)20)19(28)15-25-10-4-2-3-7-18(25)27/h16H,2-15H2,1H3/t16-/m0/s1. The molecule has 28 heavy (non-hydrogen) atoms. The molecule has 0 bridgehead atoms. The van der Waals surface area contributed by atoms with Crippen LogP contribution in [-0.4, -0.2) is 87.6 Å². The van der Waals surface area contributed by atoms with Gasteiger partial charge in [0, 0.05) is 51.5 Å². The fraction of sp³-hybridized carbons (Fsp3) is 0.800. The second-order valence-electron chi connectivity index (χ2n) is 8.48. The fourth-order valence-corrected chi connectivity index (χ4v) is 4.74. The molecule has 0 N–H and O–H groups in total. The van der Waals surface area contributed by atoms with E-state index in [2.05, 4.69) is 26.7 Å². The third kappa shape index (κ3) is 4.21. The number of rotatable bonds is 3. The number of likely N-dealkylation sites (tertiary alicyclic amines) is 2. The van der Waals surface area contributed by atoms with E-state index in [4.69, 9.17) is 0 Å². The summed E-state index contributed by atoms with van der Waals surface area (Å²) < 4.78 is 2.24. The Hall–Kier alpha value is -1.96. The monoisotopic (exact) mass is 388 g/mol. The second kappa shape index (κ2) is 8.59. The highest BCUT2D eigenvalue weighted by Crippen LogP contribution is 2.26. The van der Waals surface area contributed by atoms with Crippen molar-refractivity contribution >= 4 is 11.8 Å². The van der Waals surface area contributed by atoms with E-state index >= 15 is 0 Å². The lowest BCUT2D eigenvalue weighted by Crippen LogP contribution is -2.43. The third-order valence-electron chi connectivity index (χ3n) is 6.39. The van der Waals surface area contributed by atoms with Crippen LogP contribution < -0.4 is 0 Å². The van der Waals surface area contributed by atoms with Gasteiger partial charge in [0.15, 0.2) is 0 Å². The molecule has 2 fully saturated rings. The number of amides is 2. The molecule has 0 radical (unpaired) electrons. The second-order valence-corrected chi connectivity index (χ2v) is 8.48. The van der Waals surface area contributed by atoms with Crippen molar-refractivity contribution in [2.45, 2.75) is 57.4 Å². The number of hydrogen-bond acceptors (Lipinski definition) is 5. The molecule has 2 saturated heterocycles. The van der Waals surface area contributed by atoms with Crippen molar-refractivity contribution in [1.29, 1.82) is 0 Å². The summed E-state index contributed by atoms with van der Waals surface area (Å²) in [5, 5.41) is 8.95. The lowest BCUT2D eigenvalue weighted by atomic mass is 9.97. The van der Waals surface area contributed by atoms with Gasteiger partial charge < -0.3 is 19.3 Å². The molecule has 2 amide bonds. The molecule has 4 rings (SSSR count). The number of likely N-dealkylation sites (N-methyl/N-ethyl adjacent to an activating group) is 1. The first-order chi connectivity index (χ1) is 13.6. The van der Waals surface area contributed by atoms with E-state index in [-0.39, 0.29) is 18.4 Å². The predicted molar refractivity (Wildman–Crippen MR) is 105 cm³/mol. The van der Waals surface area contributed by atoms with Crippen LogP contribution in [0.3, 0.4) is 0 Å². The molecule has 154 valence electrons. The van der Waals surface area contributed by atoms with E-state index in [9.17, 15) is 9.59 Å². The first kappa shape index (κ1) is 19.4. The average Bonchev–Trinajstić information content (AvgIpc) is 2.82. The minimum Gasteiger partial charge on any atom is -0.339 e. The van der Waals surface area contributed by atoms with E-state index in [0.717, 1.165) is 63.4 Å². The Morgan fingerprint density at radius 3 is 2.75 bits per heavy atom. The Morgan fingerprint density at radius 2 is 1.89 bits per heavy atom. The van der Waals surface area contributed by atoms with Crippen molar-refractivity contribution < 1.29 is 9.59 Å². The molecular formula is C20H32N6O2. The number of piperidine rings is 1. The van der Waals surface area contributed by atoms with Gasteiger partial charge in [-0.25, -0.2) is 0 Å². The van der Waals surface area contributed by atoms with Gasteiger partial charge in [0.2, 0.25) is 11.8 Å². The highest BCUT2D eigenvalue weighted by molar-refractivity contribution is 5.85. The topological polar surface area (TPSA) is 74.6 Å². The van der Waals surface area contributed by atoms with Crippen LogP contribution in [0.1, 0.15) is 56.1 Å². The molecule has 1 aromatic heterocycles. The zero-order valence-corrected chi connectivity index (χ0v) is 17.0. The van der Waals surface area contributed by atoms with E-state index in [0.29, 0.717) is 32.0 Å². The third-order valence-corrected chi connectivity index (χ3v) is 6.39. The highest BCUT2D eigenvalue weighted by Gasteiger charge is 2.29. The summed E-state index contributed by atoms with van der Waals surface area (Å²) >= 11 is 0. The summed E-state index contributed by atoms with van der Waals surface area (Å²) in [6.45, 7) is 5.18. The number of carbonyl (C=O) groups excluding carboxylic acids is 2. The summed E-state index contributed by atoms with van der Waals surface area (Å²) in [7, 11) is 2.16. The zero-order valence-electron chi connectivity index (χ0n) is 17.0. The molecular weight excluding hydrogens is 356 g/mol. The number of fused-ring (bicyclic) bond motifs is 1. The van der Waals surface area contributed by atoms with Crippen molar-refractivity contribution in [3.05, 3.63) is 11.6 Å². The normalized spacial score (nSPS) is 24.6. The summed E-state index contributed by atoms with van der Waals surface area (Å²) in [6.07, 6.45) is 6.68. The highest BCUT2D eigenvalue weighted by atomic mass is 16.2. The molecule has 1 aromatic rings. The Labute approximate surface area is 166 Å². The predicted octanol–water partition coefficient (Wildman–Crippen LogP) is 0.875.